The number of amides is 1. The fourth-order valence-corrected chi connectivity index (χ4v) is 6.51. The number of carbonyl (C=O) groups excluding carboxylic acids is 1. The summed E-state index contributed by atoms with van der Waals surface area (Å²) in [5, 5.41) is 8.68. The van der Waals surface area contributed by atoms with Crippen LogP contribution in [0.25, 0.3) is 5.69 Å². The Bertz CT molecular complexity index is 1630. The third kappa shape index (κ3) is 6.33. The lowest BCUT2D eigenvalue weighted by Gasteiger charge is -2.35. The van der Waals surface area contributed by atoms with E-state index < -0.39 is 10.7 Å². The minimum absolute atomic E-state index is 0.0497. The van der Waals surface area contributed by atoms with Crippen molar-refractivity contribution in [3.05, 3.63) is 144 Å². The molecule has 3 aromatic carbocycles. The molecule has 0 radical (unpaired) electrons. The molecule has 43 heavy (non-hydrogen) atoms. The van der Waals surface area contributed by atoms with Gasteiger partial charge in [-0.05, 0) is 28.8 Å². The van der Waals surface area contributed by atoms with Crippen LogP contribution in [0.3, 0.4) is 0 Å². The van der Waals surface area contributed by atoms with Gasteiger partial charge in [0.1, 0.15) is 12.8 Å². The number of thioether (sulfide) groups is 1. The fourth-order valence-electron chi connectivity index (χ4n) is 4.84. The molecule has 9 heteroatoms. The van der Waals surface area contributed by atoms with E-state index in [2.05, 4.69) is 57.6 Å². The Morgan fingerprint density at radius 3 is 2.05 bits per heavy atom. The van der Waals surface area contributed by atoms with Crippen molar-refractivity contribution in [2.45, 2.75) is 4.75 Å². The lowest BCUT2D eigenvalue weighted by molar-refractivity contribution is -0.112. The Hall–Kier alpha value is -4.84. The van der Waals surface area contributed by atoms with Gasteiger partial charge < -0.3 is 4.84 Å². The van der Waals surface area contributed by atoms with E-state index in [1.807, 2.05) is 60.7 Å². The number of rotatable bonds is 11. The molecule has 0 N–H and O–H groups in total. The second-order valence-electron chi connectivity index (χ2n) is 9.34. The van der Waals surface area contributed by atoms with Gasteiger partial charge in [0, 0.05) is 11.9 Å². The third-order valence-electron chi connectivity index (χ3n) is 6.76. The molecule has 0 spiro atoms. The molecule has 0 aliphatic rings. The van der Waals surface area contributed by atoms with E-state index in [9.17, 15) is 4.79 Å². The number of nitrogens with zero attached hydrogens (tertiary/aromatic N) is 5. The Kier molecular flexibility index (Phi) is 9.57. The Morgan fingerprint density at radius 2 is 1.56 bits per heavy atom. The number of hydrogen-bond donors (Lipinski definition) is 0. The molecule has 1 amide bonds. The maximum absolute atomic E-state index is 14.1. The van der Waals surface area contributed by atoms with Gasteiger partial charge in [0.05, 0.1) is 29.4 Å². The number of aromatic nitrogens is 3. The van der Waals surface area contributed by atoms with Crippen molar-refractivity contribution in [2.75, 3.05) is 24.3 Å². The predicted molar refractivity (Wildman–Crippen MR) is 174 cm³/mol. The lowest BCUT2D eigenvalue weighted by Crippen LogP contribution is -2.39. The summed E-state index contributed by atoms with van der Waals surface area (Å²) in [6.07, 6.45) is 10.7. The van der Waals surface area contributed by atoms with Crippen LogP contribution < -0.4 is 4.90 Å². The van der Waals surface area contributed by atoms with Crippen molar-refractivity contribution in [1.29, 1.82) is 0 Å². The molecule has 5 rings (SSSR count). The number of carbonyl (C=O) groups is 1. The normalized spacial score (nSPS) is 11.5. The van der Waals surface area contributed by atoms with Crippen LogP contribution in [0.1, 0.15) is 16.7 Å². The standard InChI is InChI=1S/C34H28ClN5O2S/c1-3-22-39(31-24-40(37-32(31)35)29-20-13-21-36-23-29)33(41)30(38-42-2)25-43-34(26-14-7-4-8-15-26,27-16-9-5-10-17-27)28-18-11-6-12-19-28/h1,4-21,23-24H,22,25H2,2H3. The van der Waals surface area contributed by atoms with Crippen molar-refractivity contribution >= 4 is 40.7 Å². The minimum atomic E-state index is -0.668. The predicted octanol–water partition coefficient (Wildman–Crippen LogP) is 6.61. The van der Waals surface area contributed by atoms with Crippen LogP contribution in [0, 0.1) is 12.3 Å². The Labute approximate surface area is 260 Å². The summed E-state index contributed by atoms with van der Waals surface area (Å²) in [5.41, 5.74) is 4.37. The number of hydrogen-bond acceptors (Lipinski definition) is 6. The van der Waals surface area contributed by atoms with Gasteiger partial charge in [-0.3, -0.25) is 14.7 Å². The average Bonchev–Trinajstić information content (AvgIpc) is 3.46. The summed E-state index contributed by atoms with van der Waals surface area (Å²) in [6.45, 7) is -0.0497. The Morgan fingerprint density at radius 1 is 0.977 bits per heavy atom. The van der Waals surface area contributed by atoms with Crippen LogP contribution in [0.2, 0.25) is 5.15 Å². The minimum Gasteiger partial charge on any atom is -0.399 e. The summed E-state index contributed by atoms with van der Waals surface area (Å²) in [4.78, 5) is 24.9. The number of pyridine rings is 1. The summed E-state index contributed by atoms with van der Waals surface area (Å²) in [5.74, 6) is 2.32. The molecule has 0 saturated carbocycles. The zero-order chi connectivity index (χ0) is 30.1. The van der Waals surface area contributed by atoms with Crippen molar-refractivity contribution < 1.29 is 9.63 Å². The molecule has 0 aliphatic carbocycles. The maximum atomic E-state index is 14.1. The van der Waals surface area contributed by atoms with E-state index in [1.54, 1.807) is 41.1 Å². The second-order valence-corrected chi connectivity index (χ2v) is 10.9. The van der Waals surface area contributed by atoms with Gasteiger partial charge in [0.2, 0.25) is 0 Å². The largest absolute Gasteiger partial charge is 0.399 e. The number of anilines is 1. The van der Waals surface area contributed by atoms with Crippen LogP contribution in [-0.4, -0.2) is 45.8 Å². The van der Waals surface area contributed by atoms with Gasteiger partial charge >= 0.3 is 0 Å². The molecule has 214 valence electrons. The molecular formula is C34H28ClN5O2S. The van der Waals surface area contributed by atoms with E-state index in [1.165, 1.54) is 12.0 Å². The van der Waals surface area contributed by atoms with Crippen molar-refractivity contribution in [1.82, 2.24) is 14.8 Å². The van der Waals surface area contributed by atoms with E-state index in [0.29, 0.717) is 11.4 Å². The van der Waals surface area contributed by atoms with Gasteiger partial charge in [0.15, 0.2) is 10.9 Å². The van der Waals surface area contributed by atoms with Crippen LogP contribution in [0.4, 0.5) is 5.69 Å². The van der Waals surface area contributed by atoms with Crippen LogP contribution in [0.5, 0.6) is 0 Å². The van der Waals surface area contributed by atoms with Crippen molar-refractivity contribution in [3.63, 3.8) is 0 Å². The second kappa shape index (κ2) is 13.9. The van der Waals surface area contributed by atoms with Crippen molar-refractivity contribution in [3.8, 4) is 18.0 Å². The topological polar surface area (TPSA) is 72.6 Å². The number of terminal acetylenes is 1. The SMILES string of the molecule is C#CCN(C(=O)C(CSC(c1ccccc1)(c1ccccc1)c1ccccc1)=NOC)c1cn(-c2cccnc2)nc1Cl. The number of halogens is 1. The smallest absolute Gasteiger partial charge is 0.277 e. The highest BCUT2D eigenvalue weighted by Gasteiger charge is 2.38. The molecule has 0 saturated heterocycles. The van der Waals surface area contributed by atoms with Gasteiger partial charge in [-0.1, -0.05) is 114 Å². The molecule has 5 aromatic rings. The van der Waals surface area contributed by atoms with Crippen LogP contribution in [-0.2, 0) is 14.4 Å². The third-order valence-corrected chi connectivity index (χ3v) is 8.59. The van der Waals surface area contributed by atoms with E-state index >= 15 is 0 Å². The fraction of sp³-hybridized carbons (Fsp3) is 0.118. The first kappa shape index (κ1) is 29.6. The summed E-state index contributed by atoms with van der Waals surface area (Å²) < 4.78 is 0.882. The molecule has 0 bridgehead atoms. The number of benzene rings is 3. The van der Waals surface area contributed by atoms with Gasteiger partial charge in [-0.25, -0.2) is 4.68 Å². The van der Waals surface area contributed by atoms with Crippen LogP contribution >= 0.6 is 23.4 Å². The monoisotopic (exact) mass is 605 g/mol. The highest BCUT2D eigenvalue weighted by atomic mass is 35.5. The zero-order valence-corrected chi connectivity index (χ0v) is 24.9. The molecule has 0 unspecified atom stereocenters. The molecule has 0 aliphatic heterocycles. The Balaban J connectivity index is 1.55. The summed E-state index contributed by atoms with van der Waals surface area (Å²) in [6, 6.07) is 34.3. The molecular weight excluding hydrogens is 578 g/mol. The number of oxime groups is 1. The highest BCUT2D eigenvalue weighted by Crippen LogP contribution is 2.48. The van der Waals surface area contributed by atoms with Crippen molar-refractivity contribution in [2.24, 2.45) is 5.16 Å². The van der Waals surface area contributed by atoms with E-state index in [4.69, 9.17) is 22.9 Å². The summed E-state index contributed by atoms with van der Waals surface area (Å²) in [7, 11) is 1.41. The quantitative estimate of drug-likeness (QED) is 0.0733. The van der Waals surface area contributed by atoms with Gasteiger partial charge in [-0.15, -0.1) is 18.2 Å². The maximum Gasteiger partial charge on any atom is 0.277 e. The van der Waals surface area contributed by atoms with E-state index in [-0.39, 0.29) is 23.2 Å². The summed E-state index contributed by atoms with van der Waals surface area (Å²) >= 11 is 8.12. The average molecular weight is 606 g/mol. The zero-order valence-electron chi connectivity index (χ0n) is 23.4. The molecule has 2 heterocycles. The van der Waals surface area contributed by atoms with Gasteiger partial charge in [-0.2, -0.15) is 5.10 Å². The van der Waals surface area contributed by atoms with Gasteiger partial charge in [0.25, 0.3) is 5.91 Å². The molecule has 0 atom stereocenters. The van der Waals surface area contributed by atoms with Crippen LogP contribution in [0.15, 0.2) is 127 Å². The highest BCUT2D eigenvalue weighted by molar-refractivity contribution is 8.01. The van der Waals surface area contributed by atoms with E-state index in [0.717, 1.165) is 16.7 Å². The lowest BCUT2D eigenvalue weighted by atomic mass is 9.84. The molecule has 2 aromatic heterocycles. The molecule has 7 nitrogen and oxygen atoms in total. The molecule has 0 fully saturated rings. The first-order valence-corrected chi connectivity index (χ1v) is 14.8. The first-order chi connectivity index (χ1) is 21.1. The first-order valence-electron chi connectivity index (χ1n) is 13.4.